The second-order valence-corrected chi connectivity index (χ2v) is 5.95. The van der Waals surface area contributed by atoms with Crippen molar-refractivity contribution in [3.05, 3.63) is 35.3 Å². The fourth-order valence-electron chi connectivity index (χ4n) is 2.46. The van der Waals surface area contributed by atoms with Crippen molar-refractivity contribution in [1.29, 1.82) is 0 Å². The monoisotopic (exact) mass is 394 g/mol. The highest BCUT2D eigenvalue weighted by atomic mass is 16.5. The molecule has 0 radical (unpaired) electrons. The molecule has 0 unspecified atom stereocenters. The number of rotatable bonds is 7. The Morgan fingerprint density at radius 2 is 1.93 bits per heavy atom. The maximum atomic E-state index is 12.5. The van der Waals surface area contributed by atoms with Crippen molar-refractivity contribution in [3.63, 3.8) is 0 Å². The van der Waals surface area contributed by atoms with Crippen molar-refractivity contribution in [3.8, 4) is 35.7 Å². The number of amides is 1. The van der Waals surface area contributed by atoms with Crippen LogP contribution in [-0.4, -0.2) is 48.6 Å². The molecule has 0 spiro atoms. The summed E-state index contributed by atoms with van der Waals surface area (Å²) < 4.78 is 12.0. The second kappa shape index (κ2) is 9.86. The van der Waals surface area contributed by atoms with Gasteiger partial charge in [-0.3, -0.25) is 9.59 Å². The molecule has 2 rings (SSSR count). The molecule has 1 heterocycles. The van der Waals surface area contributed by atoms with E-state index in [2.05, 4.69) is 33.4 Å². The van der Waals surface area contributed by atoms with E-state index < -0.39 is 5.91 Å². The van der Waals surface area contributed by atoms with Gasteiger partial charge in [0.2, 0.25) is 0 Å². The summed E-state index contributed by atoms with van der Waals surface area (Å²) in [5.74, 6) is 9.51. The van der Waals surface area contributed by atoms with Crippen molar-refractivity contribution in [2.75, 3.05) is 32.6 Å². The molecule has 2 N–H and O–H groups in total. The topological polar surface area (TPSA) is 94.5 Å². The molecule has 0 bridgehead atoms. The fraction of sp³-hybridized carbons (Fsp3) is 0.286. The molecule has 0 aliphatic heterocycles. The molecule has 8 heteroatoms. The lowest BCUT2D eigenvalue weighted by atomic mass is 10.2. The number of ketones is 1. The summed E-state index contributed by atoms with van der Waals surface area (Å²) in [6, 6.07) is 5.27. The van der Waals surface area contributed by atoms with E-state index in [1.54, 1.807) is 44.0 Å². The molecule has 1 aromatic carbocycles. The van der Waals surface area contributed by atoms with Crippen molar-refractivity contribution in [1.82, 2.24) is 14.9 Å². The summed E-state index contributed by atoms with van der Waals surface area (Å²) in [5, 5.41) is 5.46. The third-order valence-corrected chi connectivity index (χ3v) is 3.87. The Bertz CT molecular complexity index is 1020. The number of anilines is 1. The Morgan fingerprint density at radius 1 is 1.21 bits per heavy atom. The van der Waals surface area contributed by atoms with Gasteiger partial charge in [-0.1, -0.05) is 11.8 Å². The Labute approximate surface area is 169 Å². The van der Waals surface area contributed by atoms with Crippen LogP contribution in [0.5, 0.6) is 11.5 Å². The van der Waals surface area contributed by atoms with E-state index in [0.29, 0.717) is 22.9 Å². The summed E-state index contributed by atoms with van der Waals surface area (Å²) in [5.41, 5.74) is 0.917. The van der Waals surface area contributed by atoms with Gasteiger partial charge >= 0.3 is 0 Å². The van der Waals surface area contributed by atoms with Gasteiger partial charge in [-0.15, -0.1) is 6.42 Å². The number of nitrogens with one attached hydrogen (secondary N) is 2. The summed E-state index contributed by atoms with van der Waals surface area (Å²) in [6.45, 7) is 1.55. The number of imidazole rings is 1. The van der Waals surface area contributed by atoms with E-state index in [0.717, 1.165) is 0 Å². The first-order valence-corrected chi connectivity index (χ1v) is 8.67. The molecule has 29 heavy (non-hydrogen) atoms. The van der Waals surface area contributed by atoms with Crippen LogP contribution in [0.2, 0.25) is 0 Å². The summed E-state index contributed by atoms with van der Waals surface area (Å²) >= 11 is 0. The number of ether oxygens (including phenoxy) is 2. The molecular formula is C21H22N4O4. The second-order valence-electron chi connectivity index (χ2n) is 5.95. The molecule has 1 amide bonds. The molecule has 1 aromatic heterocycles. The Morgan fingerprint density at radius 3 is 2.55 bits per heavy atom. The van der Waals surface area contributed by atoms with Gasteiger partial charge in [0, 0.05) is 12.6 Å². The van der Waals surface area contributed by atoms with Crippen molar-refractivity contribution in [2.45, 2.75) is 6.92 Å². The van der Waals surface area contributed by atoms with Gasteiger partial charge in [0.25, 0.3) is 5.91 Å². The van der Waals surface area contributed by atoms with Crippen LogP contribution in [0.15, 0.2) is 18.2 Å². The van der Waals surface area contributed by atoms with E-state index in [-0.39, 0.29) is 30.4 Å². The highest BCUT2D eigenvalue weighted by Crippen LogP contribution is 2.27. The molecule has 2 aromatic rings. The lowest BCUT2D eigenvalue weighted by Gasteiger charge is -2.07. The minimum atomic E-state index is -0.414. The van der Waals surface area contributed by atoms with Gasteiger partial charge in [-0.2, -0.15) is 0 Å². The van der Waals surface area contributed by atoms with Crippen LogP contribution in [0, 0.1) is 24.2 Å². The number of methoxy groups -OCH3 is 2. The number of Topliss-reactive ketones (excluding diaryl/α,β-unsaturated/α-hetero) is 1. The van der Waals surface area contributed by atoms with Crippen LogP contribution >= 0.6 is 0 Å². The van der Waals surface area contributed by atoms with Crippen LogP contribution in [-0.2, 0) is 11.8 Å². The fourth-order valence-corrected chi connectivity index (χ4v) is 2.46. The molecule has 8 nitrogen and oxygen atoms in total. The van der Waals surface area contributed by atoms with Crippen LogP contribution in [0.1, 0.15) is 28.8 Å². The molecular weight excluding hydrogens is 372 g/mol. The highest BCUT2D eigenvalue weighted by molar-refractivity contribution is 5.98. The first-order chi connectivity index (χ1) is 13.9. The van der Waals surface area contributed by atoms with E-state index in [1.165, 1.54) is 6.92 Å². The maximum Gasteiger partial charge on any atom is 0.272 e. The predicted molar refractivity (Wildman–Crippen MR) is 109 cm³/mol. The zero-order valence-corrected chi connectivity index (χ0v) is 16.8. The average Bonchev–Trinajstić information content (AvgIpc) is 3.03. The third kappa shape index (κ3) is 5.30. The molecule has 150 valence electrons. The summed E-state index contributed by atoms with van der Waals surface area (Å²) in [4.78, 5) is 28.1. The number of terminal acetylenes is 1. The van der Waals surface area contributed by atoms with E-state index >= 15 is 0 Å². The van der Waals surface area contributed by atoms with Crippen LogP contribution < -0.4 is 20.1 Å². The van der Waals surface area contributed by atoms with Gasteiger partial charge in [0.1, 0.15) is 5.78 Å². The molecule has 0 atom stereocenters. The van der Waals surface area contributed by atoms with E-state index in [1.807, 2.05) is 0 Å². The minimum Gasteiger partial charge on any atom is -0.493 e. The SMILES string of the molecule is C#CCNC(=O)c1c(NCC(C)=O)nc(C#Cc2ccc(OC)c(OC)c2)n1C. The van der Waals surface area contributed by atoms with Crippen molar-refractivity contribution >= 4 is 17.5 Å². The quantitative estimate of drug-likeness (QED) is 0.686. The van der Waals surface area contributed by atoms with E-state index in [4.69, 9.17) is 15.9 Å². The molecule has 0 aliphatic rings. The smallest absolute Gasteiger partial charge is 0.272 e. The average molecular weight is 394 g/mol. The Kier molecular flexibility index (Phi) is 7.27. The lowest BCUT2D eigenvalue weighted by Crippen LogP contribution is -2.27. The van der Waals surface area contributed by atoms with E-state index in [9.17, 15) is 9.59 Å². The normalized spacial score (nSPS) is 9.62. The maximum absolute atomic E-state index is 12.5. The number of carbonyl (C=O) groups excluding carboxylic acids is 2. The highest BCUT2D eigenvalue weighted by Gasteiger charge is 2.20. The zero-order chi connectivity index (χ0) is 21.4. The summed E-state index contributed by atoms with van der Waals surface area (Å²) in [6.07, 6.45) is 5.20. The van der Waals surface area contributed by atoms with Crippen LogP contribution in [0.4, 0.5) is 5.82 Å². The van der Waals surface area contributed by atoms with Gasteiger partial charge in [0.15, 0.2) is 28.8 Å². The first kappa shape index (κ1) is 21.4. The standard InChI is InChI=1S/C21H22N4O4/c1-6-11-22-21(27)19-20(23-13-14(2)26)24-18(25(19)3)10-8-15-7-9-16(28-4)17(12-15)29-5/h1,7,9,12,23H,11,13H2,2-5H3,(H,22,27). The number of nitrogens with zero attached hydrogens (tertiary/aromatic N) is 2. The number of benzene rings is 1. The van der Waals surface area contributed by atoms with Gasteiger partial charge in [-0.25, -0.2) is 4.98 Å². The minimum absolute atomic E-state index is 0.0367. The lowest BCUT2D eigenvalue weighted by molar-refractivity contribution is -0.115. The van der Waals surface area contributed by atoms with Crippen LogP contribution in [0.3, 0.4) is 0 Å². The first-order valence-electron chi connectivity index (χ1n) is 8.67. The molecule has 0 saturated carbocycles. The number of hydrogen-bond acceptors (Lipinski definition) is 6. The molecule has 0 fully saturated rings. The number of hydrogen-bond donors (Lipinski definition) is 2. The van der Waals surface area contributed by atoms with Crippen LogP contribution in [0.25, 0.3) is 0 Å². The Hall–Kier alpha value is -3.91. The largest absolute Gasteiger partial charge is 0.493 e. The van der Waals surface area contributed by atoms with Gasteiger partial charge < -0.3 is 24.7 Å². The number of carbonyl (C=O) groups is 2. The zero-order valence-electron chi connectivity index (χ0n) is 16.8. The van der Waals surface area contributed by atoms with Gasteiger partial charge in [0.05, 0.1) is 27.3 Å². The number of aromatic nitrogens is 2. The summed E-state index contributed by atoms with van der Waals surface area (Å²) in [7, 11) is 4.76. The molecule has 0 saturated heterocycles. The Balaban J connectivity index is 2.41. The third-order valence-electron chi connectivity index (χ3n) is 3.87. The van der Waals surface area contributed by atoms with Crippen molar-refractivity contribution < 1.29 is 19.1 Å². The van der Waals surface area contributed by atoms with Crippen molar-refractivity contribution in [2.24, 2.45) is 7.05 Å². The van der Waals surface area contributed by atoms with Gasteiger partial charge in [-0.05, 0) is 31.0 Å². The predicted octanol–water partition coefficient (Wildman–Crippen LogP) is 1.20. The molecule has 0 aliphatic carbocycles.